The van der Waals surface area contributed by atoms with Crippen LogP contribution in [0, 0.1) is 0 Å². The first-order chi connectivity index (χ1) is 12.2. The number of hydrogen-bond donors (Lipinski definition) is 1. The van der Waals surface area contributed by atoms with E-state index in [-0.39, 0.29) is 28.1 Å². The van der Waals surface area contributed by atoms with Crippen LogP contribution >= 0.6 is 22.9 Å². The molecule has 10 heteroatoms. The molecule has 1 amide bonds. The highest BCUT2D eigenvalue weighted by Crippen LogP contribution is 2.35. The van der Waals surface area contributed by atoms with Crippen LogP contribution in [-0.4, -0.2) is 26.5 Å². The molecule has 3 heterocycles. The minimum absolute atomic E-state index is 0.121. The topological polar surface area (TPSA) is 59.3 Å². The summed E-state index contributed by atoms with van der Waals surface area (Å²) in [4.78, 5) is 17.0. The Balaban J connectivity index is 2.20. The molecule has 0 radical (unpaired) electrons. The van der Waals surface area contributed by atoms with Crippen LogP contribution in [0.4, 0.5) is 13.2 Å². The lowest BCUT2D eigenvalue weighted by Crippen LogP contribution is -2.32. The number of halogens is 4. The first-order valence-electron chi connectivity index (χ1n) is 7.73. The third kappa shape index (κ3) is 3.41. The van der Waals surface area contributed by atoms with Crippen LogP contribution in [0.15, 0.2) is 23.6 Å². The SMILES string of the molecule is CC[C@H](C)NC(=O)c1nn2c(C(F)(F)F)cc(-c3cccs3)nc2c1Cl. The fourth-order valence-corrected chi connectivity index (χ4v) is 3.22. The highest BCUT2D eigenvalue weighted by molar-refractivity contribution is 7.13. The number of carbonyl (C=O) groups excluding carboxylic acids is 1. The molecule has 5 nitrogen and oxygen atoms in total. The Morgan fingerprint density at radius 1 is 1.46 bits per heavy atom. The predicted octanol–water partition coefficient (Wildman–Crippen LogP) is 4.66. The number of hydrogen-bond acceptors (Lipinski definition) is 4. The number of alkyl halides is 3. The summed E-state index contributed by atoms with van der Waals surface area (Å²) in [5, 5.41) is 7.94. The van der Waals surface area contributed by atoms with Crippen molar-refractivity contribution in [3.63, 3.8) is 0 Å². The second-order valence-corrected chi connectivity index (χ2v) is 7.01. The first-order valence-corrected chi connectivity index (χ1v) is 8.99. The van der Waals surface area contributed by atoms with E-state index in [4.69, 9.17) is 11.6 Å². The third-order valence-corrected chi connectivity index (χ3v) is 5.04. The van der Waals surface area contributed by atoms with Crippen molar-refractivity contribution in [3.8, 4) is 10.6 Å². The number of rotatable bonds is 4. The van der Waals surface area contributed by atoms with E-state index in [1.165, 1.54) is 11.3 Å². The Kier molecular flexibility index (Phi) is 4.94. The summed E-state index contributed by atoms with van der Waals surface area (Å²) in [6.07, 6.45) is -4.03. The smallest absolute Gasteiger partial charge is 0.348 e. The summed E-state index contributed by atoms with van der Waals surface area (Å²) in [6.45, 7) is 3.64. The molecule has 26 heavy (non-hydrogen) atoms. The lowest BCUT2D eigenvalue weighted by Gasteiger charge is -2.10. The fraction of sp³-hybridized carbons (Fsp3) is 0.312. The molecular formula is C16H14ClF3N4OS. The summed E-state index contributed by atoms with van der Waals surface area (Å²) in [6, 6.07) is 4.10. The molecule has 3 rings (SSSR count). The van der Waals surface area contributed by atoms with Gasteiger partial charge in [0.2, 0.25) is 0 Å². The van der Waals surface area contributed by atoms with E-state index in [1.807, 2.05) is 6.92 Å². The van der Waals surface area contributed by atoms with E-state index < -0.39 is 17.8 Å². The van der Waals surface area contributed by atoms with Gasteiger partial charge in [0.25, 0.3) is 5.91 Å². The predicted molar refractivity (Wildman–Crippen MR) is 93.5 cm³/mol. The number of nitrogens with one attached hydrogen (secondary N) is 1. The molecule has 138 valence electrons. The Morgan fingerprint density at radius 2 is 2.19 bits per heavy atom. The number of nitrogens with zero attached hydrogens (tertiary/aromatic N) is 3. The summed E-state index contributed by atoms with van der Waals surface area (Å²) in [5.41, 5.74) is -1.42. The number of amides is 1. The molecule has 0 unspecified atom stereocenters. The lowest BCUT2D eigenvalue weighted by molar-refractivity contribution is -0.142. The fourth-order valence-electron chi connectivity index (χ4n) is 2.28. The van der Waals surface area contributed by atoms with Gasteiger partial charge < -0.3 is 5.32 Å². The summed E-state index contributed by atoms with van der Waals surface area (Å²) >= 11 is 7.42. The average molecular weight is 403 g/mol. The summed E-state index contributed by atoms with van der Waals surface area (Å²) in [5.74, 6) is -0.638. The van der Waals surface area contributed by atoms with E-state index in [1.54, 1.807) is 24.4 Å². The van der Waals surface area contributed by atoms with Gasteiger partial charge in [-0.05, 0) is 30.9 Å². The van der Waals surface area contributed by atoms with Crippen molar-refractivity contribution in [1.29, 1.82) is 0 Å². The molecule has 0 aliphatic rings. The van der Waals surface area contributed by atoms with Crippen LogP contribution in [0.2, 0.25) is 5.02 Å². The zero-order valence-electron chi connectivity index (χ0n) is 13.8. The van der Waals surface area contributed by atoms with Crippen LogP contribution in [0.25, 0.3) is 16.2 Å². The van der Waals surface area contributed by atoms with Crippen molar-refractivity contribution >= 4 is 34.5 Å². The number of aromatic nitrogens is 3. The largest absolute Gasteiger partial charge is 0.433 e. The maximum atomic E-state index is 13.5. The highest BCUT2D eigenvalue weighted by Gasteiger charge is 2.36. The molecule has 3 aromatic rings. The van der Waals surface area contributed by atoms with Crippen molar-refractivity contribution in [2.24, 2.45) is 0 Å². The van der Waals surface area contributed by atoms with Gasteiger partial charge in [-0.2, -0.15) is 18.3 Å². The number of thiophene rings is 1. The Morgan fingerprint density at radius 3 is 2.77 bits per heavy atom. The van der Waals surface area contributed by atoms with Gasteiger partial charge in [0.1, 0.15) is 5.02 Å². The number of carbonyl (C=O) groups is 1. The summed E-state index contributed by atoms with van der Waals surface area (Å²) in [7, 11) is 0. The monoisotopic (exact) mass is 402 g/mol. The van der Waals surface area contributed by atoms with Crippen LogP contribution in [0.5, 0.6) is 0 Å². The Labute approximate surface area is 155 Å². The van der Waals surface area contributed by atoms with Crippen LogP contribution in [0.3, 0.4) is 0 Å². The van der Waals surface area contributed by atoms with Gasteiger partial charge in [-0.25, -0.2) is 9.50 Å². The van der Waals surface area contributed by atoms with Crippen LogP contribution < -0.4 is 5.32 Å². The molecule has 1 atom stereocenters. The van der Waals surface area contributed by atoms with Gasteiger partial charge in [0.15, 0.2) is 17.0 Å². The van der Waals surface area contributed by atoms with E-state index in [0.29, 0.717) is 15.8 Å². The molecule has 0 aliphatic carbocycles. The first kappa shape index (κ1) is 18.7. The zero-order valence-corrected chi connectivity index (χ0v) is 15.3. The van der Waals surface area contributed by atoms with E-state index in [2.05, 4.69) is 15.4 Å². The molecular weight excluding hydrogens is 389 g/mol. The molecule has 0 aromatic carbocycles. The third-order valence-electron chi connectivity index (χ3n) is 3.80. The molecule has 0 saturated carbocycles. The van der Waals surface area contributed by atoms with Crippen molar-refractivity contribution in [1.82, 2.24) is 19.9 Å². The van der Waals surface area contributed by atoms with Gasteiger partial charge in [0.05, 0.1) is 10.6 Å². The molecule has 1 N–H and O–H groups in total. The van der Waals surface area contributed by atoms with Gasteiger partial charge >= 0.3 is 6.18 Å². The van der Waals surface area contributed by atoms with Crippen molar-refractivity contribution < 1.29 is 18.0 Å². The second kappa shape index (κ2) is 6.88. The Bertz CT molecular complexity index is 953. The maximum Gasteiger partial charge on any atom is 0.433 e. The molecule has 0 aliphatic heterocycles. The normalized spacial score (nSPS) is 13.2. The number of fused-ring (bicyclic) bond motifs is 1. The van der Waals surface area contributed by atoms with E-state index in [9.17, 15) is 18.0 Å². The molecule has 0 bridgehead atoms. The minimum Gasteiger partial charge on any atom is -0.348 e. The van der Waals surface area contributed by atoms with Crippen molar-refractivity contribution in [2.45, 2.75) is 32.5 Å². The van der Waals surface area contributed by atoms with Gasteiger partial charge in [0, 0.05) is 6.04 Å². The molecule has 0 spiro atoms. The minimum atomic E-state index is -4.69. The molecule has 0 saturated heterocycles. The maximum absolute atomic E-state index is 13.5. The second-order valence-electron chi connectivity index (χ2n) is 5.68. The molecule has 3 aromatic heterocycles. The van der Waals surface area contributed by atoms with Crippen LogP contribution in [-0.2, 0) is 6.18 Å². The average Bonchev–Trinajstić information content (AvgIpc) is 3.21. The highest BCUT2D eigenvalue weighted by atomic mass is 35.5. The zero-order chi connectivity index (χ0) is 19.1. The van der Waals surface area contributed by atoms with Crippen molar-refractivity contribution in [3.05, 3.63) is 40.0 Å². The van der Waals surface area contributed by atoms with Crippen LogP contribution in [0.1, 0.15) is 36.5 Å². The molecule has 0 fully saturated rings. The van der Waals surface area contributed by atoms with Crippen molar-refractivity contribution in [2.75, 3.05) is 0 Å². The quantitative estimate of drug-likeness (QED) is 0.690. The standard InChI is InChI=1S/C16H14ClF3N4OS/c1-3-8(2)21-15(25)13-12(17)14-22-9(10-5-4-6-26-10)7-11(16(18,19)20)24(14)23-13/h4-8H,3H2,1-2H3,(H,21,25)/t8-/m0/s1. The van der Waals surface area contributed by atoms with E-state index in [0.717, 1.165) is 6.07 Å². The van der Waals surface area contributed by atoms with Gasteiger partial charge in [-0.1, -0.05) is 24.6 Å². The van der Waals surface area contributed by atoms with E-state index >= 15 is 0 Å². The van der Waals surface area contributed by atoms with Gasteiger partial charge in [-0.15, -0.1) is 11.3 Å². The lowest BCUT2D eigenvalue weighted by atomic mass is 10.2. The Hall–Kier alpha value is -2.13. The summed E-state index contributed by atoms with van der Waals surface area (Å²) < 4.78 is 41.1. The van der Waals surface area contributed by atoms with Gasteiger partial charge in [-0.3, -0.25) is 4.79 Å².